The number of hydrogen-bond acceptors (Lipinski definition) is 2. The maximum Gasteiger partial charge on any atom is 0.237 e. The van der Waals surface area contributed by atoms with Crippen LogP contribution in [0, 0.1) is 11.8 Å². The van der Waals surface area contributed by atoms with Gasteiger partial charge < -0.3 is 10.6 Å². The second-order valence-electron chi connectivity index (χ2n) is 7.30. The molecule has 3 nitrogen and oxygen atoms in total. The van der Waals surface area contributed by atoms with Crippen LogP contribution < -0.4 is 10.6 Å². The summed E-state index contributed by atoms with van der Waals surface area (Å²) in [5, 5.41) is 6.89. The Kier molecular flexibility index (Phi) is 4.65. The minimum Gasteiger partial charge on any atom is -0.352 e. The Morgan fingerprint density at radius 3 is 2.50 bits per heavy atom. The molecule has 1 aliphatic heterocycles. The molecule has 1 saturated heterocycles. The summed E-state index contributed by atoms with van der Waals surface area (Å²) in [5.74, 6) is 1.72. The summed E-state index contributed by atoms with van der Waals surface area (Å²) in [7, 11) is 0. The van der Waals surface area contributed by atoms with Gasteiger partial charge in [-0.25, -0.2) is 0 Å². The van der Waals surface area contributed by atoms with Crippen molar-refractivity contribution < 1.29 is 4.79 Å². The van der Waals surface area contributed by atoms with E-state index in [1.165, 1.54) is 57.8 Å². The van der Waals surface area contributed by atoms with Crippen LogP contribution >= 0.6 is 0 Å². The van der Waals surface area contributed by atoms with Crippen molar-refractivity contribution in [3.8, 4) is 0 Å². The lowest BCUT2D eigenvalue weighted by Crippen LogP contribution is -2.48. The van der Waals surface area contributed by atoms with Gasteiger partial charge in [0.05, 0.1) is 6.04 Å². The Hall–Kier alpha value is -0.570. The van der Waals surface area contributed by atoms with Gasteiger partial charge in [-0.05, 0) is 50.9 Å². The quantitative estimate of drug-likeness (QED) is 0.833. The van der Waals surface area contributed by atoms with Gasteiger partial charge in [-0.3, -0.25) is 4.79 Å². The molecule has 4 atom stereocenters. The summed E-state index contributed by atoms with van der Waals surface area (Å²) in [5.41, 5.74) is 0. The summed E-state index contributed by atoms with van der Waals surface area (Å²) in [6.45, 7) is 2.20. The van der Waals surface area contributed by atoms with E-state index in [0.29, 0.717) is 18.0 Å². The van der Waals surface area contributed by atoms with Crippen molar-refractivity contribution in [2.24, 2.45) is 11.8 Å². The van der Waals surface area contributed by atoms with Crippen molar-refractivity contribution in [3.63, 3.8) is 0 Å². The van der Waals surface area contributed by atoms with Crippen LogP contribution in [0.3, 0.4) is 0 Å². The lowest BCUT2D eigenvalue weighted by atomic mass is 9.84. The van der Waals surface area contributed by atoms with Gasteiger partial charge in [0.2, 0.25) is 5.91 Å². The van der Waals surface area contributed by atoms with E-state index in [9.17, 15) is 4.79 Å². The van der Waals surface area contributed by atoms with E-state index >= 15 is 0 Å². The van der Waals surface area contributed by atoms with Crippen LogP contribution in [0.4, 0.5) is 0 Å². The van der Waals surface area contributed by atoms with E-state index in [4.69, 9.17) is 0 Å². The molecule has 3 heteroatoms. The van der Waals surface area contributed by atoms with Crippen LogP contribution in [0.1, 0.15) is 71.1 Å². The molecule has 0 radical (unpaired) electrons. The summed E-state index contributed by atoms with van der Waals surface area (Å²) < 4.78 is 0. The van der Waals surface area contributed by atoms with Gasteiger partial charge in [-0.2, -0.15) is 0 Å². The molecule has 3 fully saturated rings. The van der Waals surface area contributed by atoms with E-state index in [-0.39, 0.29) is 11.9 Å². The van der Waals surface area contributed by atoms with Crippen LogP contribution in [0.2, 0.25) is 0 Å². The maximum absolute atomic E-state index is 12.5. The van der Waals surface area contributed by atoms with Crippen LogP contribution in [0.15, 0.2) is 0 Å². The highest BCUT2D eigenvalue weighted by Gasteiger charge is 2.38. The monoisotopic (exact) mass is 278 g/mol. The van der Waals surface area contributed by atoms with Crippen molar-refractivity contribution >= 4 is 5.91 Å². The zero-order chi connectivity index (χ0) is 13.9. The molecule has 1 heterocycles. The third kappa shape index (κ3) is 3.19. The van der Waals surface area contributed by atoms with Gasteiger partial charge in [0.25, 0.3) is 0 Å². The molecule has 20 heavy (non-hydrogen) atoms. The van der Waals surface area contributed by atoms with Gasteiger partial charge in [-0.1, -0.05) is 32.1 Å². The first kappa shape index (κ1) is 14.4. The Morgan fingerprint density at radius 1 is 1.05 bits per heavy atom. The molecule has 4 unspecified atom stereocenters. The fourth-order valence-electron chi connectivity index (χ4n) is 4.60. The third-order valence-corrected chi connectivity index (χ3v) is 5.91. The molecule has 2 N–H and O–H groups in total. The highest BCUT2D eigenvalue weighted by molar-refractivity contribution is 5.82. The topological polar surface area (TPSA) is 41.1 Å². The van der Waals surface area contributed by atoms with Crippen LogP contribution in [-0.4, -0.2) is 24.0 Å². The molecule has 2 aliphatic carbocycles. The molecule has 0 spiro atoms. The minimum absolute atomic E-state index is 0.0779. The standard InChI is InChI=1S/C17H30N2O/c1-12(13-7-3-2-4-8-13)18-17(20)16-11-14-9-5-6-10-15(14)19-16/h12-16,19H,2-11H2,1H3,(H,18,20). The molecule has 0 aromatic heterocycles. The Labute approximate surface area is 123 Å². The highest BCUT2D eigenvalue weighted by atomic mass is 16.2. The van der Waals surface area contributed by atoms with Crippen molar-refractivity contribution in [2.45, 2.75) is 89.3 Å². The second-order valence-corrected chi connectivity index (χ2v) is 7.30. The second kappa shape index (κ2) is 6.46. The normalized spacial score (nSPS) is 36.4. The molecule has 3 aliphatic rings. The van der Waals surface area contributed by atoms with Crippen LogP contribution in [0.25, 0.3) is 0 Å². The third-order valence-electron chi connectivity index (χ3n) is 5.91. The average Bonchev–Trinajstić information content (AvgIpc) is 2.92. The summed E-state index contributed by atoms with van der Waals surface area (Å²) >= 11 is 0. The zero-order valence-corrected chi connectivity index (χ0v) is 12.9. The predicted molar refractivity (Wildman–Crippen MR) is 81.5 cm³/mol. The first-order chi connectivity index (χ1) is 9.74. The molecule has 0 bridgehead atoms. The van der Waals surface area contributed by atoms with Crippen molar-refractivity contribution in [1.82, 2.24) is 10.6 Å². The summed E-state index contributed by atoms with van der Waals surface area (Å²) in [4.78, 5) is 12.5. The lowest BCUT2D eigenvalue weighted by molar-refractivity contribution is -0.123. The number of carbonyl (C=O) groups excluding carboxylic acids is 1. The summed E-state index contributed by atoms with van der Waals surface area (Å²) in [6, 6.07) is 1.05. The minimum atomic E-state index is 0.0779. The highest BCUT2D eigenvalue weighted by Crippen LogP contribution is 2.33. The van der Waals surface area contributed by atoms with Gasteiger partial charge in [0.1, 0.15) is 0 Å². The Balaban J connectivity index is 1.49. The Bertz CT molecular complexity index is 324. The first-order valence-corrected chi connectivity index (χ1v) is 8.80. The number of rotatable bonds is 3. The number of carbonyl (C=O) groups is 1. The fourth-order valence-corrected chi connectivity index (χ4v) is 4.60. The van der Waals surface area contributed by atoms with Crippen LogP contribution in [-0.2, 0) is 4.79 Å². The van der Waals surface area contributed by atoms with Gasteiger partial charge in [0.15, 0.2) is 0 Å². The van der Waals surface area contributed by atoms with Gasteiger partial charge in [-0.15, -0.1) is 0 Å². The van der Waals surface area contributed by atoms with Crippen molar-refractivity contribution in [3.05, 3.63) is 0 Å². The molecule has 3 rings (SSSR count). The largest absolute Gasteiger partial charge is 0.352 e. The molecular formula is C17H30N2O. The first-order valence-electron chi connectivity index (χ1n) is 8.80. The SMILES string of the molecule is CC(NC(=O)C1CC2CCCCC2N1)C1CCCCC1. The van der Waals surface area contributed by atoms with E-state index < -0.39 is 0 Å². The molecule has 1 amide bonds. The van der Waals surface area contributed by atoms with Gasteiger partial charge in [0, 0.05) is 12.1 Å². The molecule has 2 saturated carbocycles. The fraction of sp³-hybridized carbons (Fsp3) is 0.941. The number of hydrogen-bond donors (Lipinski definition) is 2. The van der Waals surface area contributed by atoms with E-state index in [2.05, 4.69) is 17.6 Å². The molecular weight excluding hydrogens is 248 g/mol. The van der Waals surface area contributed by atoms with Crippen molar-refractivity contribution in [1.29, 1.82) is 0 Å². The number of fused-ring (bicyclic) bond motifs is 1. The molecule has 114 valence electrons. The number of amides is 1. The smallest absolute Gasteiger partial charge is 0.237 e. The van der Waals surface area contributed by atoms with E-state index in [0.717, 1.165) is 12.3 Å². The zero-order valence-electron chi connectivity index (χ0n) is 12.9. The van der Waals surface area contributed by atoms with E-state index in [1.54, 1.807) is 0 Å². The Morgan fingerprint density at radius 2 is 1.75 bits per heavy atom. The maximum atomic E-state index is 12.5. The van der Waals surface area contributed by atoms with Crippen molar-refractivity contribution in [2.75, 3.05) is 0 Å². The van der Waals surface area contributed by atoms with Gasteiger partial charge >= 0.3 is 0 Å². The van der Waals surface area contributed by atoms with E-state index in [1.807, 2.05) is 0 Å². The lowest BCUT2D eigenvalue weighted by Gasteiger charge is -2.29. The predicted octanol–water partition coefficient (Wildman–Crippen LogP) is 2.99. The molecule has 0 aromatic carbocycles. The molecule has 0 aromatic rings. The number of nitrogens with one attached hydrogen (secondary N) is 2. The van der Waals surface area contributed by atoms with Crippen LogP contribution in [0.5, 0.6) is 0 Å². The summed E-state index contributed by atoms with van der Waals surface area (Å²) in [6.07, 6.45) is 13.0. The average molecular weight is 278 g/mol.